The Hall–Kier alpha value is -2.86. The second-order valence-corrected chi connectivity index (χ2v) is 5.63. The Balaban J connectivity index is 1.86. The lowest BCUT2D eigenvalue weighted by Gasteiger charge is -2.06. The van der Waals surface area contributed by atoms with E-state index in [4.69, 9.17) is 16.3 Å². The highest BCUT2D eigenvalue weighted by Crippen LogP contribution is 2.20. The summed E-state index contributed by atoms with van der Waals surface area (Å²) in [6.45, 7) is 1.91. The molecule has 0 atom stereocenters. The number of hydrazone groups is 1. The number of anilines is 1. The number of carbonyl (C=O) groups is 2. The SMILES string of the molecule is COc1ccc(C=NNC(=O)CC(=O)Nc2ccccc2Cl)c(C)c1. The van der Waals surface area contributed by atoms with Crippen LogP contribution >= 0.6 is 11.6 Å². The van der Waals surface area contributed by atoms with Crippen molar-refractivity contribution in [1.82, 2.24) is 5.43 Å². The van der Waals surface area contributed by atoms with Crippen molar-refractivity contribution < 1.29 is 14.3 Å². The van der Waals surface area contributed by atoms with Gasteiger partial charge in [0.2, 0.25) is 11.8 Å². The number of rotatable bonds is 6. The van der Waals surface area contributed by atoms with E-state index in [1.807, 2.05) is 19.1 Å². The average molecular weight is 360 g/mol. The largest absolute Gasteiger partial charge is 0.497 e. The third-order valence-corrected chi connectivity index (χ3v) is 3.67. The van der Waals surface area contributed by atoms with Crippen LogP contribution in [0.1, 0.15) is 17.5 Å². The highest BCUT2D eigenvalue weighted by atomic mass is 35.5. The Kier molecular flexibility index (Phi) is 6.54. The van der Waals surface area contributed by atoms with Gasteiger partial charge in [-0.15, -0.1) is 0 Å². The molecule has 0 bridgehead atoms. The number of hydrogen-bond donors (Lipinski definition) is 2. The van der Waals surface area contributed by atoms with Crippen LogP contribution in [0, 0.1) is 6.92 Å². The number of amides is 2. The van der Waals surface area contributed by atoms with Gasteiger partial charge in [0.15, 0.2) is 0 Å². The zero-order valence-corrected chi connectivity index (χ0v) is 14.6. The van der Waals surface area contributed by atoms with Crippen LogP contribution in [0.25, 0.3) is 0 Å². The van der Waals surface area contributed by atoms with Gasteiger partial charge in [-0.3, -0.25) is 9.59 Å². The highest BCUT2D eigenvalue weighted by molar-refractivity contribution is 6.33. The molecular formula is C18H18ClN3O3. The summed E-state index contributed by atoms with van der Waals surface area (Å²) in [7, 11) is 1.59. The molecule has 0 aliphatic rings. The maximum atomic E-state index is 11.8. The number of para-hydroxylation sites is 1. The van der Waals surface area contributed by atoms with E-state index in [0.29, 0.717) is 10.7 Å². The second-order valence-electron chi connectivity index (χ2n) is 5.22. The minimum atomic E-state index is -0.521. The smallest absolute Gasteiger partial charge is 0.249 e. The van der Waals surface area contributed by atoms with Crippen LogP contribution in [-0.2, 0) is 9.59 Å². The first kappa shape index (κ1) is 18.5. The number of nitrogens with one attached hydrogen (secondary N) is 2. The van der Waals surface area contributed by atoms with Crippen LogP contribution < -0.4 is 15.5 Å². The van der Waals surface area contributed by atoms with Crippen LogP contribution in [0.5, 0.6) is 5.75 Å². The summed E-state index contributed by atoms with van der Waals surface area (Å²) in [5.74, 6) is -0.247. The average Bonchev–Trinajstić information content (AvgIpc) is 2.58. The fourth-order valence-corrected chi connectivity index (χ4v) is 2.22. The first-order valence-corrected chi connectivity index (χ1v) is 7.88. The maximum Gasteiger partial charge on any atom is 0.249 e. The topological polar surface area (TPSA) is 79.8 Å². The summed E-state index contributed by atoms with van der Waals surface area (Å²) in [6, 6.07) is 12.3. The van der Waals surface area contributed by atoms with Gasteiger partial charge in [-0.1, -0.05) is 23.7 Å². The van der Waals surface area contributed by atoms with E-state index in [0.717, 1.165) is 16.9 Å². The standard InChI is InChI=1S/C18H18ClN3O3/c1-12-9-14(25-2)8-7-13(12)11-20-22-18(24)10-17(23)21-16-6-4-3-5-15(16)19/h3-9,11H,10H2,1-2H3,(H,21,23)(H,22,24). The minimum Gasteiger partial charge on any atom is -0.497 e. The van der Waals surface area contributed by atoms with Crippen molar-refractivity contribution in [2.24, 2.45) is 5.10 Å². The van der Waals surface area contributed by atoms with Gasteiger partial charge in [0.1, 0.15) is 12.2 Å². The molecule has 0 unspecified atom stereocenters. The Bertz CT molecular complexity index is 806. The predicted octanol–water partition coefficient (Wildman–Crippen LogP) is 3.14. The van der Waals surface area contributed by atoms with E-state index in [1.165, 1.54) is 6.21 Å². The van der Waals surface area contributed by atoms with Gasteiger partial charge in [0.25, 0.3) is 0 Å². The highest BCUT2D eigenvalue weighted by Gasteiger charge is 2.10. The summed E-state index contributed by atoms with van der Waals surface area (Å²) in [4.78, 5) is 23.6. The molecule has 25 heavy (non-hydrogen) atoms. The lowest BCUT2D eigenvalue weighted by atomic mass is 10.1. The normalized spacial score (nSPS) is 10.5. The fraction of sp³-hybridized carbons (Fsp3) is 0.167. The molecule has 2 aromatic rings. The molecule has 0 spiro atoms. The Morgan fingerprint density at radius 1 is 1.20 bits per heavy atom. The molecule has 7 heteroatoms. The van der Waals surface area contributed by atoms with Crippen molar-refractivity contribution in [2.45, 2.75) is 13.3 Å². The van der Waals surface area contributed by atoms with Crippen molar-refractivity contribution in [3.05, 3.63) is 58.6 Å². The van der Waals surface area contributed by atoms with Crippen molar-refractivity contribution in [2.75, 3.05) is 12.4 Å². The van der Waals surface area contributed by atoms with Crippen molar-refractivity contribution in [3.8, 4) is 5.75 Å². The van der Waals surface area contributed by atoms with E-state index in [1.54, 1.807) is 37.4 Å². The molecule has 2 aromatic carbocycles. The molecule has 2 rings (SSSR count). The lowest BCUT2D eigenvalue weighted by Crippen LogP contribution is -2.24. The van der Waals surface area contributed by atoms with Crippen molar-refractivity contribution in [3.63, 3.8) is 0 Å². The number of methoxy groups -OCH3 is 1. The lowest BCUT2D eigenvalue weighted by molar-refractivity contribution is -0.126. The van der Waals surface area contributed by atoms with E-state index in [-0.39, 0.29) is 6.42 Å². The molecule has 0 saturated carbocycles. The van der Waals surface area contributed by atoms with E-state index < -0.39 is 11.8 Å². The van der Waals surface area contributed by atoms with Gasteiger partial charge in [0, 0.05) is 0 Å². The third-order valence-electron chi connectivity index (χ3n) is 3.34. The predicted molar refractivity (Wildman–Crippen MR) is 98.2 cm³/mol. The number of ether oxygens (including phenoxy) is 1. The summed E-state index contributed by atoms with van der Waals surface area (Å²) < 4.78 is 5.13. The van der Waals surface area contributed by atoms with Crippen LogP contribution in [-0.4, -0.2) is 25.1 Å². The van der Waals surface area contributed by atoms with Crippen LogP contribution in [0.4, 0.5) is 5.69 Å². The summed E-state index contributed by atoms with van der Waals surface area (Å²) in [5.41, 5.74) is 4.57. The molecule has 0 radical (unpaired) electrons. The van der Waals surface area contributed by atoms with Crippen LogP contribution in [0.2, 0.25) is 5.02 Å². The third kappa shape index (κ3) is 5.61. The molecule has 0 saturated heterocycles. The van der Waals surface area contributed by atoms with Crippen LogP contribution in [0.3, 0.4) is 0 Å². The zero-order chi connectivity index (χ0) is 18.2. The second kappa shape index (κ2) is 8.84. The van der Waals surface area contributed by atoms with E-state index in [2.05, 4.69) is 15.8 Å². The molecule has 6 nitrogen and oxygen atoms in total. The Morgan fingerprint density at radius 2 is 1.96 bits per heavy atom. The summed E-state index contributed by atoms with van der Waals surface area (Å²) in [5, 5.41) is 6.84. The molecule has 0 aliphatic heterocycles. The number of benzene rings is 2. The summed E-state index contributed by atoms with van der Waals surface area (Å²) in [6.07, 6.45) is 1.16. The molecule has 0 fully saturated rings. The quantitative estimate of drug-likeness (QED) is 0.472. The molecular weight excluding hydrogens is 342 g/mol. The van der Waals surface area contributed by atoms with Crippen molar-refractivity contribution >= 4 is 35.3 Å². The molecule has 2 N–H and O–H groups in total. The molecule has 130 valence electrons. The molecule has 0 heterocycles. The minimum absolute atomic E-state index is 0.357. The summed E-state index contributed by atoms with van der Waals surface area (Å²) >= 11 is 5.94. The van der Waals surface area contributed by atoms with E-state index >= 15 is 0 Å². The zero-order valence-electron chi connectivity index (χ0n) is 13.9. The number of aryl methyl sites for hydroxylation is 1. The number of halogens is 1. The van der Waals surface area contributed by atoms with Gasteiger partial charge in [-0.2, -0.15) is 5.10 Å². The van der Waals surface area contributed by atoms with Crippen LogP contribution in [0.15, 0.2) is 47.6 Å². The van der Waals surface area contributed by atoms with Gasteiger partial charge < -0.3 is 10.1 Å². The number of hydrogen-bond acceptors (Lipinski definition) is 4. The molecule has 2 amide bonds. The first-order valence-electron chi connectivity index (χ1n) is 7.50. The number of carbonyl (C=O) groups excluding carboxylic acids is 2. The molecule has 0 aromatic heterocycles. The first-order chi connectivity index (χ1) is 12.0. The monoisotopic (exact) mass is 359 g/mol. The van der Waals surface area contributed by atoms with Gasteiger partial charge in [-0.05, 0) is 48.4 Å². The van der Waals surface area contributed by atoms with E-state index in [9.17, 15) is 9.59 Å². The molecule has 0 aliphatic carbocycles. The fourth-order valence-electron chi connectivity index (χ4n) is 2.04. The number of nitrogens with zero attached hydrogens (tertiary/aromatic N) is 1. The van der Waals surface area contributed by atoms with Gasteiger partial charge >= 0.3 is 0 Å². The van der Waals surface area contributed by atoms with Gasteiger partial charge in [-0.25, -0.2) is 5.43 Å². The van der Waals surface area contributed by atoms with Crippen molar-refractivity contribution in [1.29, 1.82) is 0 Å². The Labute approximate surface area is 150 Å². The maximum absolute atomic E-state index is 11.8. The Morgan fingerprint density at radius 3 is 2.64 bits per heavy atom. The van der Waals surface area contributed by atoms with Gasteiger partial charge in [0.05, 0.1) is 24.0 Å².